The van der Waals surface area contributed by atoms with Crippen LogP contribution in [0.4, 0.5) is 0 Å². The van der Waals surface area contributed by atoms with Crippen molar-refractivity contribution in [2.75, 3.05) is 27.7 Å². The summed E-state index contributed by atoms with van der Waals surface area (Å²) >= 11 is 0. The summed E-state index contributed by atoms with van der Waals surface area (Å²) in [7, 11) is 5.08. The number of hydrogen-bond donors (Lipinski definition) is 2. The van der Waals surface area contributed by atoms with Crippen molar-refractivity contribution >= 4 is 5.97 Å². The van der Waals surface area contributed by atoms with Crippen molar-refractivity contribution in [3.8, 4) is 0 Å². The number of carbonyl (C=O) groups is 1. The van der Waals surface area contributed by atoms with Crippen molar-refractivity contribution in [1.29, 1.82) is 0 Å². The fourth-order valence-corrected chi connectivity index (χ4v) is 1.09. The molecule has 0 aliphatic carbocycles. The summed E-state index contributed by atoms with van der Waals surface area (Å²) in [6.07, 6.45) is -0.779. The summed E-state index contributed by atoms with van der Waals surface area (Å²) in [4.78, 5) is 10.5. The van der Waals surface area contributed by atoms with Gasteiger partial charge in [0.25, 0.3) is 0 Å². The van der Waals surface area contributed by atoms with Crippen molar-refractivity contribution in [3.05, 3.63) is 0 Å². The molecule has 1 atom stereocenters. The van der Waals surface area contributed by atoms with Crippen LogP contribution in [0, 0.1) is 0 Å². The number of nitrogens with zero attached hydrogens (tertiary/aromatic N) is 1. The molecule has 2 N–H and O–H groups in total. The second-order valence-electron chi connectivity index (χ2n) is 4.05. The molecule has 72 valence electrons. The molecule has 1 unspecified atom stereocenters. The zero-order valence-electron chi connectivity index (χ0n) is 10.7. The minimum absolute atomic E-state index is 0.143. The number of likely N-dealkylation sites (N-methyl/N-ethyl adjacent to an activating group) is 1. The van der Waals surface area contributed by atoms with Crippen molar-refractivity contribution in [2.24, 2.45) is 0 Å². The van der Waals surface area contributed by atoms with E-state index in [1.807, 2.05) is 0 Å². The molecular weight excluding hydrogens is 158 g/mol. The van der Waals surface area contributed by atoms with Gasteiger partial charge in [0.15, 0.2) is 0 Å². The smallest absolute Gasteiger partial charge is 0.306 e. The van der Waals surface area contributed by atoms with Crippen molar-refractivity contribution in [1.82, 2.24) is 0 Å². The topological polar surface area (TPSA) is 57.5 Å². The molecule has 4 nitrogen and oxygen atoms in total. The van der Waals surface area contributed by atoms with E-state index in [0.29, 0.717) is 0 Å². The number of quaternary nitrogens is 1. The first-order valence-corrected chi connectivity index (χ1v) is 3.62. The number of hydrogen-bond acceptors (Lipinski definition) is 2. The second-order valence-corrected chi connectivity index (χ2v) is 4.05. The number of carboxylic acid groups (broad SMARTS) is 1. The standard InChI is InChI=1S/C8H17NO3/c1-8(12,5-7(10)11)6-9(2,3)4/h12H,5-6H2,1-4H3/p+1/i1D3. The van der Waals surface area contributed by atoms with Crippen molar-refractivity contribution in [2.45, 2.75) is 18.9 Å². The summed E-state index contributed by atoms with van der Waals surface area (Å²) < 4.78 is 21.7. The summed E-state index contributed by atoms with van der Waals surface area (Å²) in [5.74, 6) is -1.32. The molecule has 0 aromatic rings. The summed E-state index contributed by atoms with van der Waals surface area (Å²) in [6.45, 7) is -2.84. The van der Waals surface area contributed by atoms with Gasteiger partial charge in [-0.2, -0.15) is 0 Å². The molecule has 0 fully saturated rings. The molecule has 0 saturated heterocycles. The van der Waals surface area contributed by atoms with E-state index >= 15 is 0 Å². The third-order valence-electron chi connectivity index (χ3n) is 1.18. The number of aliphatic carboxylic acids is 1. The van der Waals surface area contributed by atoms with Gasteiger partial charge in [-0.1, -0.05) is 0 Å². The van der Waals surface area contributed by atoms with Gasteiger partial charge in [-0.25, -0.2) is 0 Å². The van der Waals surface area contributed by atoms with Gasteiger partial charge < -0.3 is 14.7 Å². The molecule has 0 radical (unpaired) electrons. The number of rotatable bonds is 4. The van der Waals surface area contributed by atoms with E-state index in [-0.39, 0.29) is 11.0 Å². The van der Waals surface area contributed by atoms with Crippen LogP contribution in [0.3, 0.4) is 0 Å². The Hall–Kier alpha value is -0.610. The first-order chi connectivity index (χ1) is 6.37. The molecule has 0 saturated carbocycles. The SMILES string of the molecule is [2H]C([2H])([2H])C(O)(CC(=O)O)C[N+](C)(C)C. The summed E-state index contributed by atoms with van der Waals surface area (Å²) in [5, 5.41) is 18.5. The molecule has 0 heterocycles. The molecule has 0 aromatic heterocycles. The van der Waals surface area contributed by atoms with Crippen LogP contribution in [0.2, 0.25) is 0 Å². The maximum Gasteiger partial charge on any atom is 0.306 e. The van der Waals surface area contributed by atoms with Crippen LogP contribution in [0.1, 0.15) is 17.4 Å². The van der Waals surface area contributed by atoms with Gasteiger partial charge in [-0.3, -0.25) is 4.79 Å². The van der Waals surface area contributed by atoms with Crippen LogP contribution < -0.4 is 0 Å². The van der Waals surface area contributed by atoms with Crippen molar-refractivity contribution in [3.63, 3.8) is 0 Å². The van der Waals surface area contributed by atoms with Gasteiger partial charge >= 0.3 is 5.97 Å². The fraction of sp³-hybridized carbons (Fsp3) is 0.875. The van der Waals surface area contributed by atoms with Crippen LogP contribution >= 0.6 is 0 Å². The normalized spacial score (nSPS) is 21.8. The first kappa shape index (κ1) is 6.86. The lowest BCUT2D eigenvalue weighted by Crippen LogP contribution is -2.48. The van der Waals surface area contributed by atoms with Crippen LogP contribution in [0.25, 0.3) is 0 Å². The fourth-order valence-electron chi connectivity index (χ4n) is 1.09. The zero-order valence-corrected chi connectivity index (χ0v) is 7.66. The molecule has 0 aliphatic rings. The Morgan fingerprint density at radius 2 is 2.08 bits per heavy atom. The lowest BCUT2D eigenvalue weighted by molar-refractivity contribution is -0.876. The van der Waals surface area contributed by atoms with E-state index in [4.69, 9.17) is 9.22 Å². The maximum absolute atomic E-state index is 10.5. The molecule has 0 rings (SSSR count). The minimum atomic E-state index is -2.70. The highest BCUT2D eigenvalue weighted by Gasteiger charge is 2.30. The van der Waals surface area contributed by atoms with Gasteiger partial charge in [-0.15, -0.1) is 0 Å². The Balaban J connectivity index is 4.96. The predicted octanol–water partition coefficient (Wildman–Crippen LogP) is -0.0817. The molecule has 0 bridgehead atoms. The number of aliphatic hydroxyl groups is 1. The van der Waals surface area contributed by atoms with E-state index in [0.717, 1.165) is 0 Å². The summed E-state index contributed by atoms with van der Waals surface area (Å²) in [5.41, 5.74) is -2.18. The Kier molecular flexibility index (Phi) is 1.95. The monoisotopic (exact) mass is 179 g/mol. The van der Waals surface area contributed by atoms with Gasteiger partial charge in [0.05, 0.1) is 27.6 Å². The average molecular weight is 179 g/mol. The van der Waals surface area contributed by atoms with E-state index in [2.05, 4.69) is 0 Å². The molecule has 0 amide bonds. The van der Waals surface area contributed by atoms with E-state index < -0.39 is 24.8 Å². The Morgan fingerprint density at radius 3 is 2.33 bits per heavy atom. The lowest BCUT2D eigenvalue weighted by atomic mass is 10.0. The molecule has 12 heavy (non-hydrogen) atoms. The van der Waals surface area contributed by atoms with Gasteiger partial charge in [0.1, 0.15) is 12.1 Å². The highest BCUT2D eigenvalue weighted by molar-refractivity contribution is 5.68. The van der Waals surface area contributed by atoms with Gasteiger partial charge in [0.2, 0.25) is 0 Å². The van der Waals surface area contributed by atoms with Crippen molar-refractivity contribution < 1.29 is 23.6 Å². The molecule has 0 spiro atoms. The highest BCUT2D eigenvalue weighted by Crippen LogP contribution is 2.12. The van der Waals surface area contributed by atoms with Gasteiger partial charge in [0, 0.05) is 4.11 Å². The molecule has 4 heteroatoms. The predicted molar refractivity (Wildman–Crippen MR) is 45.8 cm³/mol. The molecule has 0 aliphatic heterocycles. The minimum Gasteiger partial charge on any atom is -0.481 e. The second kappa shape index (κ2) is 3.41. The molecular formula is C8H18NO3+. The Bertz CT molecular complexity index is 246. The Morgan fingerprint density at radius 1 is 1.58 bits per heavy atom. The third kappa shape index (κ3) is 6.12. The third-order valence-corrected chi connectivity index (χ3v) is 1.18. The van der Waals surface area contributed by atoms with E-state index in [1.54, 1.807) is 21.1 Å². The Labute approximate surface area is 77.2 Å². The maximum atomic E-state index is 10.5. The molecule has 0 aromatic carbocycles. The van der Waals surface area contributed by atoms with Crippen LogP contribution in [-0.2, 0) is 4.79 Å². The highest BCUT2D eigenvalue weighted by atomic mass is 16.4. The van der Waals surface area contributed by atoms with Crippen LogP contribution in [-0.4, -0.2) is 54.0 Å². The lowest BCUT2D eigenvalue weighted by Gasteiger charge is -2.32. The summed E-state index contributed by atoms with van der Waals surface area (Å²) in [6, 6.07) is 0. The quantitative estimate of drug-likeness (QED) is 0.593. The van der Waals surface area contributed by atoms with E-state index in [9.17, 15) is 9.90 Å². The van der Waals surface area contributed by atoms with E-state index in [1.165, 1.54) is 0 Å². The number of carboxylic acids is 1. The zero-order chi connectivity index (χ0) is 12.5. The largest absolute Gasteiger partial charge is 0.481 e. The van der Waals surface area contributed by atoms with Gasteiger partial charge in [-0.05, 0) is 6.85 Å². The van der Waals surface area contributed by atoms with Crippen LogP contribution in [0.5, 0.6) is 0 Å². The average Bonchev–Trinajstić information content (AvgIpc) is 1.75. The van der Waals surface area contributed by atoms with Crippen LogP contribution in [0.15, 0.2) is 0 Å². The first-order valence-electron chi connectivity index (χ1n) is 5.12.